The van der Waals surface area contributed by atoms with Crippen LogP contribution in [0.5, 0.6) is 0 Å². The molecule has 1 N–H and O–H groups in total. The van der Waals surface area contributed by atoms with E-state index < -0.39 is 0 Å². The highest BCUT2D eigenvalue weighted by atomic mass is 79.9. The summed E-state index contributed by atoms with van der Waals surface area (Å²) in [7, 11) is 0. The van der Waals surface area contributed by atoms with E-state index in [9.17, 15) is 4.79 Å². The van der Waals surface area contributed by atoms with Gasteiger partial charge in [-0.05, 0) is 53.2 Å². The lowest BCUT2D eigenvalue weighted by atomic mass is 10.2. The molecule has 0 atom stereocenters. The minimum absolute atomic E-state index is 0.162. The average molecular weight is 370 g/mol. The zero-order valence-electron chi connectivity index (χ0n) is 9.58. The zero-order chi connectivity index (χ0) is 13.1. The summed E-state index contributed by atoms with van der Waals surface area (Å²) in [6.45, 7) is 1.85. The van der Waals surface area contributed by atoms with Crippen LogP contribution in [0.25, 0.3) is 0 Å². The van der Waals surface area contributed by atoms with Gasteiger partial charge in [0.15, 0.2) is 0 Å². The fourth-order valence-corrected chi connectivity index (χ4v) is 2.71. The fraction of sp³-hybridized carbons (Fsp3) is 0.0769. The molecule has 18 heavy (non-hydrogen) atoms. The van der Waals surface area contributed by atoms with Crippen molar-refractivity contribution >= 4 is 43.5 Å². The number of benzene rings is 1. The monoisotopic (exact) mass is 368 g/mol. The van der Waals surface area contributed by atoms with E-state index in [1.165, 1.54) is 0 Å². The van der Waals surface area contributed by atoms with Crippen LogP contribution in [-0.2, 0) is 0 Å². The van der Waals surface area contributed by atoms with Gasteiger partial charge < -0.3 is 5.32 Å². The SMILES string of the molecule is Cc1ncccc1NC(=O)c1ccc(Br)cc1Br. The van der Waals surface area contributed by atoms with Gasteiger partial charge in [0.25, 0.3) is 5.91 Å². The summed E-state index contributed by atoms with van der Waals surface area (Å²) in [5.74, 6) is -0.162. The second kappa shape index (κ2) is 5.63. The van der Waals surface area contributed by atoms with E-state index in [0.29, 0.717) is 5.56 Å². The van der Waals surface area contributed by atoms with Crippen molar-refractivity contribution in [1.82, 2.24) is 4.98 Å². The molecule has 0 unspecified atom stereocenters. The number of pyridine rings is 1. The molecule has 5 heteroatoms. The van der Waals surface area contributed by atoms with Crippen LogP contribution in [0.1, 0.15) is 16.1 Å². The third-order valence-corrected chi connectivity index (χ3v) is 3.58. The van der Waals surface area contributed by atoms with Crippen LogP contribution < -0.4 is 5.32 Å². The molecule has 0 spiro atoms. The Morgan fingerprint density at radius 3 is 2.72 bits per heavy atom. The summed E-state index contributed by atoms with van der Waals surface area (Å²) in [6.07, 6.45) is 1.69. The number of halogens is 2. The fourth-order valence-electron chi connectivity index (χ4n) is 1.48. The van der Waals surface area contributed by atoms with Crippen molar-refractivity contribution in [2.45, 2.75) is 6.92 Å². The second-order valence-electron chi connectivity index (χ2n) is 3.71. The van der Waals surface area contributed by atoms with Gasteiger partial charge in [0, 0.05) is 15.1 Å². The molecule has 1 aromatic carbocycles. The predicted octanol–water partition coefficient (Wildman–Crippen LogP) is 4.17. The Kier molecular flexibility index (Phi) is 4.14. The Morgan fingerprint density at radius 1 is 1.28 bits per heavy atom. The number of amides is 1. The molecule has 1 amide bonds. The van der Waals surface area contributed by atoms with Crippen LogP contribution in [0.4, 0.5) is 5.69 Å². The van der Waals surface area contributed by atoms with Crippen molar-refractivity contribution in [2.24, 2.45) is 0 Å². The Balaban J connectivity index is 2.25. The Morgan fingerprint density at radius 2 is 2.06 bits per heavy atom. The first-order valence-corrected chi connectivity index (χ1v) is 6.84. The van der Waals surface area contributed by atoms with Gasteiger partial charge in [-0.2, -0.15) is 0 Å². The molecule has 0 bridgehead atoms. The minimum atomic E-state index is -0.162. The lowest BCUT2D eigenvalue weighted by Crippen LogP contribution is -2.13. The van der Waals surface area contributed by atoms with E-state index in [0.717, 1.165) is 20.3 Å². The second-order valence-corrected chi connectivity index (χ2v) is 5.48. The number of nitrogens with one attached hydrogen (secondary N) is 1. The van der Waals surface area contributed by atoms with Gasteiger partial charge in [0.1, 0.15) is 0 Å². The predicted molar refractivity (Wildman–Crippen MR) is 78.8 cm³/mol. The van der Waals surface area contributed by atoms with Gasteiger partial charge in [-0.3, -0.25) is 9.78 Å². The first kappa shape index (κ1) is 13.2. The number of nitrogens with zero attached hydrogens (tertiary/aromatic N) is 1. The Hall–Kier alpha value is -1.20. The van der Waals surface area contributed by atoms with Crippen molar-refractivity contribution in [2.75, 3.05) is 5.32 Å². The van der Waals surface area contributed by atoms with Crippen molar-refractivity contribution in [3.05, 3.63) is 56.7 Å². The summed E-state index contributed by atoms with van der Waals surface area (Å²) < 4.78 is 1.67. The summed E-state index contributed by atoms with van der Waals surface area (Å²) in [4.78, 5) is 16.2. The first-order chi connectivity index (χ1) is 8.58. The maximum atomic E-state index is 12.1. The largest absolute Gasteiger partial charge is 0.320 e. The molecule has 1 aromatic heterocycles. The van der Waals surface area contributed by atoms with Gasteiger partial charge in [-0.1, -0.05) is 15.9 Å². The van der Waals surface area contributed by atoms with Gasteiger partial charge in [0.05, 0.1) is 16.9 Å². The number of hydrogen-bond donors (Lipinski definition) is 1. The highest BCUT2D eigenvalue weighted by Crippen LogP contribution is 2.23. The molecular formula is C13H10Br2N2O. The van der Waals surface area contributed by atoms with Gasteiger partial charge >= 0.3 is 0 Å². The van der Waals surface area contributed by atoms with Gasteiger partial charge in [-0.15, -0.1) is 0 Å². The highest BCUT2D eigenvalue weighted by Gasteiger charge is 2.11. The van der Waals surface area contributed by atoms with E-state index in [1.807, 2.05) is 25.1 Å². The molecule has 0 aliphatic heterocycles. The standard InChI is InChI=1S/C13H10Br2N2O/c1-8-12(3-2-6-16-8)17-13(18)10-5-4-9(14)7-11(10)15/h2-7H,1H3,(H,17,18). The summed E-state index contributed by atoms with van der Waals surface area (Å²) >= 11 is 6.73. The Labute approximate surface area is 122 Å². The first-order valence-electron chi connectivity index (χ1n) is 5.26. The zero-order valence-corrected chi connectivity index (χ0v) is 12.7. The van der Waals surface area contributed by atoms with Crippen molar-refractivity contribution in [3.63, 3.8) is 0 Å². The lowest BCUT2D eigenvalue weighted by Gasteiger charge is -2.08. The van der Waals surface area contributed by atoms with Crippen LogP contribution in [0.2, 0.25) is 0 Å². The molecule has 3 nitrogen and oxygen atoms in total. The van der Waals surface area contributed by atoms with Crippen LogP contribution in [0.15, 0.2) is 45.5 Å². The minimum Gasteiger partial charge on any atom is -0.320 e. The molecule has 0 aliphatic rings. The van der Waals surface area contributed by atoms with E-state index in [2.05, 4.69) is 42.2 Å². The summed E-state index contributed by atoms with van der Waals surface area (Å²) in [5, 5.41) is 2.84. The average Bonchev–Trinajstić information content (AvgIpc) is 2.32. The molecule has 0 radical (unpaired) electrons. The number of rotatable bonds is 2. The molecule has 0 saturated heterocycles. The Bertz CT molecular complexity index is 599. The number of anilines is 1. The van der Waals surface area contributed by atoms with Gasteiger partial charge in [-0.25, -0.2) is 0 Å². The van der Waals surface area contributed by atoms with Gasteiger partial charge in [0.2, 0.25) is 0 Å². The molecule has 0 fully saturated rings. The topological polar surface area (TPSA) is 42.0 Å². The molecule has 2 rings (SSSR count). The number of hydrogen-bond acceptors (Lipinski definition) is 2. The lowest BCUT2D eigenvalue weighted by molar-refractivity contribution is 0.102. The quantitative estimate of drug-likeness (QED) is 0.863. The molecule has 1 heterocycles. The van der Waals surface area contributed by atoms with Crippen LogP contribution in [0, 0.1) is 6.92 Å². The van der Waals surface area contributed by atoms with Crippen molar-refractivity contribution < 1.29 is 4.79 Å². The molecule has 0 aliphatic carbocycles. The van der Waals surface area contributed by atoms with Crippen molar-refractivity contribution in [3.8, 4) is 0 Å². The third-order valence-electron chi connectivity index (χ3n) is 2.43. The number of carbonyl (C=O) groups excluding carboxylic acids is 1. The molecule has 2 aromatic rings. The van der Waals surface area contributed by atoms with Crippen molar-refractivity contribution in [1.29, 1.82) is 0 Å². The molecule has 92 valence electrons. The molecular weight excluding hydrogens is 360 g/mol. The highest BCUT2D eigenvalue weighted by molar-refractivity contribution is 9.11. The maximum Gasteiger partial charge on any atom is 0.256 e. The van der Waals surface area contributed by atoms with E-state index in [1.54, 1.807) is 18.3 Å². The number of aromatic nitrogens is 1. The van der Waals surface area contributed by atoms with Crippen LogP contribution in [0.3, 0.4) is 0 Å². The van der Waals surface area contributed by atoms with E-state index in [4.69, 9.17) is 0 Å². The number of aryl methyl sites for hydroxylation is 1. The van der Waals surface area contributed by atoms with E-state index in [-0.39, 0.29) is 5.91 Å². The molecule has 0 saturated carbocycles. The maximum absolute atomic E-state index is 12.1. The summed E-state index contributed by atoms with van der Waals surface area (Å²) in [5.41, 5.74) is 2.10. The van der Waals surface area contributed by atoms with E-state index >= 15 is 0 Å². The van der Waals surface area contributed by atoms with Crippen LogP contribution in [-0.4, -0.2) is 10.9 Å². The van der Waals surface area contributed by atoms with Crippen LogP contribution >= 0.6 is 31.9 Å². The normalized spacial score (nSPS) is 10.2. The third kappa shape index (κ3) is 2.97. The summed E-state index contributed by atoms with van der Waals surface area (Å²) in [6, 6.07) is 9.04. The number of carbonyl (C=O) groups is 1. The smallest absolute Gasteiger partial charge is 0.256 e.